The van der Waals surface area contributed by atoms with E-state index in [4.69, 9.17) is 9.57 Å². The molecule has 1 aliphatic heterocycles. The van der Waals surface area contributed by atoms with Crippen molar-refractivity contribution in [3.05, 3.63) is 53.6 Å². The second-order valence-electron chi connectivity index (χ2n) is 13.5. The van der Waals surface area contributed by atoms with Crippen molar-refractivity contribution in [2.75, 3.05) is 27.8 Å². The maximum atomic E-state index is 14.0. The van der Waals surface area contributed by atoms with Crippen molar-refractivity contribution >= 4 is 11.8 Å². The SMILES string of the molecule is COc1c(CN2O[C@@H](CO)[C@@H]([C@H](C)O)[C@H]2C(=O)N[C@H]2CC3CC([C@@H]2C)C3(C)C)cccc1-c1ccc(C(=O)N(C)C)cc1. The van der Waals surface area contributed by atoms with Crippen LogP contribution in [0.5, 0.6) is 5.75 Å². The molecule has 0 radical (unpaired) electrons. The highest BCUT2D eigenvalue weighted by molar-refractivity contribution is 5.94. The molecule has 2 unspecified atom stereocenters. The number of hydrogen-bond donors (Lipinski definition) is 3. The lowest BCUT2D eigenvalue weighted by Gasteiger charge is -2.62. The Morgan fingerprint density at radius 1 is 1.16 bits per heavy atom. The van der Waals surface area contributed by atoms with Gasteiger partial charge in [-0.1, -0.05) is 51.1 Å². The Balaban J connectivity index is 1.41. The van der Waals surface area contributed by atoms with Crippen LogP contribution in [0.25, 0.3) is 11.1 Å². The van der Waals surface area contributed by atoms with Crippen molar-refractivity contribution in [3.63, 3.8) is 0 Å². The third-order valence-corrected chi connectivity index (χ3v) is 10.5. The maximum Gasteiger partial charge on any atom is 0.253 e. The lowest BCUT2D eigenvalue weighted by atomic mass is 9.45. The zero-order valence-corrected chi connectivity index (χ0v) is 26.4. The number of para-hydroxylation sites is 1. The van der Waals surface area contributed by atoms with Crippen LogP contribution in [0.4, 0.5) is 0 Å². The Labute approximate surface area is 255 Å². The Morgan fingerprint density at radius 2 is 1.86 bits per heavy atom. The molecular weight excluding hydrogens is 546 g/mol. The van der Waals surface area contributed by atoms with Crippen molar-refractivity contribution in [2.24, 2.45) is 29.1 Å². The van der Waals surface area contributed by atoms with E-state index in [-0.39, 0.29) is 31.0 Å². The van der Waals surface area contributed by atoms with E-state index in [0.29, 0.717) is 34.5 Å². The predicted molar refractivity (Wildman–Crippen MR) is 164 cm³/mol. The average Bonchev–Trinajstić information content (AvgIpc) is 3.36. The fraction of sp³-hybridized carbons (Fsp3) is 0.588. The van der Waals surface area contributed by atoms with E-state index in [2.05, 4.69) is 26.1 Å². The highest BCUT2D eigenvalue weighted by atomic mass is 16.7. The van der Waals surface area contributed by atoms with Gasteiger partial charge in [-0.3, -0.25) is 14.4 Å². The standard InChI is InChI=1S/C34H47N3O6/c1-19-26-15-24(34(26,3)4)16-27(19)35-32(40)30-29(20(2)39)28(18-38)43-37(30)17-23-9-8-10-25(31(23)42-7)21-11-13-22(14-12-21)33(41)36(5)6/h8-14,19-20,24,26-30,38-39H,15-18H2,1-7H3,(H,35,40)/t19-,20-,24?,26?,27-,28-,29+,30-/m0/s1. The van der Waals surface area contributed by atoms with Crippen molar-refractivity contribution in [2.45, 2.75) is 71.4 Å². The summed E-state index contributed by atoms with van der Waals surface area (Å²) >= 11 is 0. The summed E-state index contributed by atoms with van der Waals surface area (Å²) in [6, 6.07) is 12.4. The van der Waals surface area contributed by atoms with Crippen LogP contribution in [0, 0.1) is 29.1 Å². The van der Waals surface area contributed by atoms with Gasteiger partial charge in [-0.05, 0) is 60.6 Å². The number of methoxy groups -OCH3 is 1. The van der Waals surface area contributed by atoms with Gasteiger partial charge in [0, 0.05) is 42.7 Å². The molecule has 9 heteroatoms. The van der Waals surface area contributed by atoms with Crippen LogP contribution in [0.2, 0.25) is 0 Å². The first-order valence-corrected chi connectivity index (χ1v) is 15.4. The van der Waals surface area contributed by atoms with E-state index in [0.717, 1.165) is 23.1 Å². The Hall–Kier alpha value is -2.98. The molecule has 1 saturated heterocycles. The largest absolute Gasteiger partial charge is 0.496 e. The van der Waals surface area contributed by atoms with Crippen molar-refractivity contribution in [3.8, 4) is 16.9 Å². The zero-order valence-electron chi connectivity index (χ0n) is 26.4. The van der Waals surface area contributed by atoms with Crippen LogP contribution in [-0.4, -0.2) is 84.1 Å². The van der Waals surface area contributed by atoms with Crippen molar-refractivity contribution < 1.29 is 29.4 Å². The lowest BCUT2D eigenvalue weighted by molar-refractivity contribution is -0.183. The molecule has 234 valence electrons. The second-order valence-corrected chi connectivity index (χ2v) is 13.5. The monoisotopic (exact) mass is 593 g/mol. The number of hydroxylamine groups is 2. The minimum Gasteiger partial charge on any atom is -0.496 e. The molecule has 1 heterocycles. The number of carbonyl (C=O) groups excluding carboxylic acids is 2. The van der Waals surface area contributed by atoms with Gasteiger partial charge >= 0.3 is 0 Å². The second kappa shape index (κ2) is 12.2. The summed E-state index contributed by atoms with van der Waals surface area (Å²) in [5.74, 6) is 1.29. The summed E-state index contributed by atoms with van der Waals surface area (Å²) in [6.45, 7) is 8.45. The Kier molecular flexibility index (Phi) is 8.91. The van der Waals surface area contributed by atoms with Crippen LogP contribution in [0.3, 0.4) is 0 Å². The first-order valence-electron chi connectivity index (χ1n) is 15.4. The molecule has 8 atom stereocenters. The van der Waals surface area contributed by atoms with Crippen LogP contribution < -0.4 is 10.1 Å². The summed E-state index contributed by atoms with van der Waals surface area (Å²) in [5, 5.41) is 25.9. The minimum atomic E-state index is -0.870. The highest BCUT2D eigenvalue weighted by Crippen LogP contribution is 2.61. The smallest absolute Gasteiger partial charge is 0.253 e. The number of aliphatic hydroxyl groups excluding tert-OH is 2. The van der Waals surface area contributed by atoms with E-state index in [9.17, 15) is 19.8 Å². The van der Waals surface area contributed by atoms with Gasteiger partial charge in [0.15, 0.2) is 0 Å². The summed E-state index contributed by atoms with van der Waals surface area (Å²) in [4.78, 5) is 34.1. The summed E-state index contributed by atoms with van der Waals surface area (Å²) < 4.78 is 5.90. The number of hydrogen-bond acceptors (Lipinski definition) is 7. The molecule has 2 amide bonds. The fourth-order valence-electron chi connectivity index (χ4n) is 7.88. The van der Waals surface area contributed by atoms with Gasteiger partial charge in [-0.15, -0.1) is 0 Å². The van der Waals surface area contributed by atoms with Gasteiger partial charge in [0.25, 0.3) is 5.91 Å². The molecule has 2 aromatic carbocycles. The molecule has 4 fully saturated rings. The van der Waals surface area contributed by atoms with Crippen molar-refractivity contribution in [1.82, 2.24) is 15.3 Å². The highest BCUT2D eigenvalue weighted by Gasteiger charge is 2.57. The van der Waals surface area contributed by atoms with E-state index in [1.165, 1.54) is 11.3 Å². The molecule has 3 aliphatic carbocycles. The van der Waals surface area contributed by atoms with Gasteiger partial charge in [-0.2, -0.15) is 5.06 Å². The van der Waals surface area contributed by atoms with Gasteiger partial charge in [0.2, 0.25) is 5.91 Å². The van der Waals surface area contributed by atoms with Crippen molar-refractivity contribution in [1.29, 1.82) is 0 Å². The minimum absolute atomic E-state index is 0.0640. The van der Waals surface area contributed by atoms with Gasteiger partial charge in [0.1, 0.15) is 17.9 Å². The number of amides is 2. The molecule has 9 nitrogen and oxygen atoms in total. The molecule has 4 aliphatic rings. The number of ether oxygens (including phenoxy) is 1. The summed E-state index contributed by atoms with van der Waals surface area (Å²) in [7, 11) is 5.05. The summed E-state index contributed by atoms with van der Waals surface area (Å²) in [5.41, 5.74) is 3.41. The van der Waals surface area contributed by atoms with E-state index in [1.54, 1.807) is 45.3 Å². The Bertz CT molecular complexity index is 1330. The van der Waals surface area contributed by atoms with Crippen LogP contribution >= 0.6 is 0 Å². The first kappa shape index (κ1) is 31.4. The van der Waals surface area contributed by atoms with Gasteiger partial charge in [-0.25, -0.2) is 0 Å². The number of carbonyl (C=O) groups is 2. The van der Waals surface area contributed by atoms with Crippen LogP contribution in [-0.2, 0) is 16.2 Å². The fourth-order valence-corrected chi connectivity index (χ4v) is 7.88. The molecule has 6 rings (SSSR count). The number of rotatable bonds is 9. The number of nitrogens with zero attached hydrogens (tertiary/aromatic N) is 2. The number of nitrogens with one attached hydrogen (secondary N) is 1. The van der Waals surface area contributed by atoms with E-state index < -0.39 is 24.2 Å². The maximum absolute atomic E-state index is 14.0. The van der Waals surface area contributed by atoms with Gasteiger partial charge < -0.3 is 25.2 Å². The lowest BCUT2D eigenvalue weighted by Crippen LogP contribution is -2.62. The normalized spacial score (nSPS) is 30.3. The molecule has 3 N–H and O–H groups in total. The van der Waals surface area contributed by atoms with Gasteiger partial charge in [0.05, 0.1) is 26.4 Å². The topological polar surface area (TPSA) is 112 Å². The molecule has 2 aromatic rings. The van der Waals surface area contributed by atoms with E-state index >= 15 is 0 Å². The quantitative estimate of drug-likeness (QED) is 0.406. The molecule has 0 aromatic heterocycles. The van der Waals surface area contributed by atoms with Crippen LogP contribution in [0.15, 0.2) is 42.5 Å². The number of aliphatic hydroxyl groups is 2. The number of benzene rings is 2. The molecular formula is C34H47N3O6. The average molecular weight is 594 g/mol. The molecule has 3 saturated carbocycles. The molecule has 0 spiro atoms. The number of fused-ring (bicyclic) bond motifs is 2. The van der Waals surface area contributed by atoms with Crippen LogP contribution in [0.1, 0.15) is 56.5 Å². The molecule has 43 heavy (non-hydrogen) atoms. The van der Waals surface area contributed by atoms with E-state index in [1.807, 2.05) is 30.3 Å². The first-order chi connectivity index (χ1) is 20.4. The zero-order chi connectivity index (χ0) is 31.2. The third-order valence-electron chi connectivity index (χ3n) is 10.5. The predicted octanol–water partition coefficient (Wildman–Crippen LogP) is 3.72. The summed E-state index contributed by atoms with van der Waals surface area (Å²) in [6.07, 6.45) is 0.572. The Morgan fingerprint density at radius 3 is 2.42 bits per heavy atom. The third kappa shape index (κ3) is 5.68. The molecule has 2 bridgehead atoms.